The van der Waals surface area contributed by atoms with Gasteiger partial charge < -0.3 is 16.4 Å². The number of hydrogen-bond acceptors (Lipinski definition) is 7. The van der Waals surface area contributed by atoms with E-state index in [2.05, 4.69) is 20.6 Å². The van der Waals surface area contributed by atoms with Crippen LogP contribution in [0.2, 0.25) is 0 Å². The summed E-state index contributed by atoms with van der Waals surface area (Å²) in [5.41, 5.74) is 8.99. The zero-order valence-corrected chi connectivity index (χ0v) is 15.6. The lowest BCUT2D eigenvalue weighted by atomic mass is 9.79. The van der Waals surface area contributed by atoms with E-state index in [1.165, 1.54) is 0 Å². The predicted molar refractivity (Wildman–Crippen MR) is 110 cm³/mol. The fourth-order valence-electron chi connectivity index (χ4n) is 3.83. The fraction of sp³-hybridized carbons (Fsp3) is 0.0909. The molecular weight excluding hydrogens is 366 g/mol. The van der Waals surface area contributed by atoms with Gasteiger partial charge in [0.2, 0.25) is 0 Å². The number of fused-ring (bicyclic) bond motifs is 3. The van der Waals surface area contributed by atoms with Crippen LogP contribution in [0.15, 0.2) is 60.2 Å². The molecule has 7 heteroatoms. The first-order valence-electron chi connectivity index (χ1n) is 9.20. The number of anilines is 3. The number of hydrogen-bond donors (Lipinski definition) is 3. The van der Waals surface area contributed by atoms with Gasteiger partial charge in [0, 0.05) is 16.8 Å². The smallest absolute Gasteiger partial charge is 0.194 e. The second-order valence-corrected chi connectivity index (χ2v) is 6.98. The molecule has 2 heterocycles. The summed E-state index contributed by atoms with van der Waals surface area (Å²) < 4.78 is 0. The van der Waals surface area contributed by atoms with Gasteiger partial charge in [-0.3, -0.25) is 9.59 Å². The third-order valence-electron chi connectivity index (χ3n) is 5.13. The van der Waals surface area contributed by atoms with Gasteiger partial charge in [-0.15, -0.1) is 0 Å². The molecule has 0 saturated carbocycles. The summed E-state index contributed by atoms with van der Waals surface area (Å²) in [7, 11) is 0. The number of aryl methyl sites for hydroxylation is 1. The minimum Gasteiger partial charge on any atom is -0.398 e. The van der Waals surface area contributed by atoms with E-state index in [9.17, 15) is 9.59 Å². The molecule has 7 nitrogen and oxygen atoms in total. The van der Waals surface area contributed by atoms with E-state index in [1.54, 1.807) is 31.2 Å². The third-order valence-corrected chi connectivity index (χ3v) is 5.13. The molecule has 1 unspecified atom stereocenters. The van der Waals surface area contributed by atoms with E-state index >= 15 is 0 Å². The number of nitrogens with one attached hydrogen (secondary N) is 2. The SMILES string of the molecule is Cc1nc(Nc2ccccc2)c2c(n1)NC1C(=O)c3ccccc3C(=O)C1=C2N. The standard InChI is InChI=1S/C22H17N5O2/c1-11-24-21(26-12-7-3-2-4-8-12)16-17(23)15-18(27-22(16)25-11)20(29)14-10-6-5-9-13(14)19(15)28/h2-10,18H,23H2,1H3,(H2,24,25,26,27). The monoisotopic (exact) mass is 383 g/mol. The molecule has 4 N–H and O–H groups in total. The average Bonchev–Trinajstić information content (AvgIpc) is 2.72. The van der Waals surface area contributed by atoms with Crippen LogP contribution in [0.25, 0.3) is 5.70 Å². The molecule has 2 aromatic carbocycles. The van der Waals surface area contributed by atoms with Crippen molar-refractivity contribution < 1.29 is 9.59 Å². The number of benzene rings is 2. The lowest BCUT2D eigenvalue weighted by molar-refractivity contribution is 0.0924. The molecule has 1 aromatic heterocycles. The van der Waals surface area contributed by atoms with Crippen LogP contribution in [-0.2, 0) is 0 Å². The molecule has 0 bridgehead atoms. The van der Waals surface area contributed by atoms with E-state index in [0.717, 1.165) is 5.69 Å². The molecule has 1 aliphatic heterocycles. The number of nitrogens with zero attached hydrogens (tertiary/aromatic N) is 2. The summed E-state index contributed by atoms with van der Waals surface area (Å²) in [6.45, 7) is 1.76. The van der Waals surface area contributed by atoms with Crippen LogP contribution in [0.1, 0.15) is 32.1 Å². The van der Waals surface area contributed by atoms with Gasteiger partial charge in [0.05, 0.1) is 16.8 Å². The normalized spacial score (nSPS) is 17.2. The highest BCUT2D eigenvalue weighted by Gasteiger charge is 2.42. The Kier molecular flexibility index (Phi) is 3.70. The first-order valence-corrected chi connectivity index (χ1v) is 9.20. The van der Waals surface area contributed by atoms with Crippen molar-refractivity contribution in [3.05, 3.63) is 82.7 Å². The first kappa shape index (κ1) is 17.1. The molecule has 29 heavy (non-hydrogen) atoms. The summed E-state index contributed by atoms with van der Waals surface area (Å²) >= 11 is 0. The number of aromatic nitrogens is 2. The van der Waals surface area contributed by atoms with Gasteiger partial charge in [-0.2, -0.15) is 0 Å². The van der Waals surface area contributed by atoms with Gasteiger partial charge in [0.25, 0.3) is 0 Å². The van der Waals surface area contributed by atoms with Crippen molar-refractivity contribution in [2.45, 2.75) is 13.0 Å². The number of rotatable bonds is 2. The highest BCUT2D eigenvalue weighted by atomic mass is 16.1. The van der Waals surface area contributed by atoms with Crippen LogP contribution >= 0.6 is 0 Å². The molecule has 1 atom stereocenters. The van der Waals surface area contributed by atoms with Crippen LogP contribution < -0.4 is 16.4 Å². The molecular formula is C22H17N5O2. The minimum atomic E-state index is -0.858. The molecule has 0 spiro atoms. The molecule has 3 aromatic rings. The van der Waals surface area contributed by atoms with E-state index in [-0.39, 0.29) is 22.8 Å². The Morgan fingerprint density at radius 3 is 2.41 bits per heavy atom. The second kappa shape index (κ2) is 6.27. The van der Waals surface area contributed by atoms with Crippen LogP contribution in [0, 0.1) is 6.92 Å². The van der Waals surface area contributed by atoms with Crippen molar-refractivity contribution >= 4 is 34.6 Å². The number of ketones is 2. The Labute approximate surface area is 166 Å². The molecule has 142 valence electrons. The number of carbonyl (C=O) groups is 2. The van der Waals surface area contributed by atoms with Crippen molar-refractivity contribution in [1.82, 2.24) is 9.97 Å². The van der Waals surface area contributed by atoms with Crippen LogP contribution in [0.4, 0.5) is 17.3 Å². The molecule has 5 rings (SSSR count). The number of nitrogens with two attached hydrogens (primary N) is 1. The highest BCUT2D eigenvalue weighted by Crippen LogP contribution is 2.39. The van der Waals surface area contributed by atoms with Crippen molar-refractivity contribution in [3.8, 4) is 0 Å². The maximum absolute atomic E-state index is 13.2. The van der Waals surface area contributed by atoms with Gasteiger partial charge in [0.1, 0.15) is 23.5 Å². The zero-order valence-electron chi connectivity index (χ0n) is 15.6. The second-order valence-electron chi connectivity index (χ2n) is 6.98. The van der Waals surface area contributed by atoms with E-state index in [0.29, 0.717) is 34.2 Å². The maximum atomic E-state index is 13.2. The molecule has 0 saturated heterocycles. The zero-order chi connectivity index (χ0) is 20.1. The lowest BCUT2D eigenvalue weighted by Crippen LogP contribution is -2.44. The largest absolute Gasteiger partial charge is 0.398 e. The van der Waals surface area contributed by atoms with E-state index < -0.39 is 6.04 Å². The highest BCUT2D eigenvalue weighted by molar-refractivity contribution is 6.29. The van der Waals surface area contributed by atoms with E-state index in [1.807, 2.05) is 30.3 Å². The summed E-state index contributed by atoms with van der Waals surface area (Å²) in [4.78, 5) is 35.1. The summed E-state index contributed by atoms with van der Waals surface area (Å²) in [5, 5.41) is 6.36. The van der Waals surface area contributed by atoms with Crippen LogP contribution in [0.3, 0.4) is 0 Å². The van der Waals surface area contributed by atoms with E-state index in [4.69, 9.17) is 5.73 Å². The number of carbonyl (C=O) groups excluding carboxylic acids is 2. The fourth-order valence-corrected chi connectivity index (χ4v) is 3.83. The Hall–Kier alpha value is -4.00. The number of para-hydroxylation sites is 1. The summed E-state index contributed by atoms with van der Waals surface area (Å²) in [6, 6.07) is 15.5. The lowest BCUT2D eigenvalue weighted by Gasteiger charge is -2.33. The van der Waals surface area contributed by atoms with Gasteiger partial charge in [-0.25, -0.2) is 9.97 Å². The van der Waals surface area contributed by atoms with Gasteiger partial charge in [0.15, 0.2) is 11.6 Å². The Bertz CT molecular complexity index is 1220. The van der Waals surface area contributed by atoms with Gasteiger partial charge in [-0.05, 0) is 19.1 Å². The Balaban J connectivity index is 1.70. The molecule has 0 radical (unpaired) electrons. The molecule has 0 fully saturated rings. The Morgan fingerprint density at radius 2 is 1.66 bits per heavy atom. The summed E-state index contributed by atoms with van der Waals surface area (Å²) in [5.74, 6) is 0.974. The predicted octanol–water partition coefficient (Wildman–Crippen LogP) is 3.07. The number of Topliss-reactive ketones (excluding diaryl/α,β-unsaturated/α-hetero) is 2. The maximum Gasteiger partial charge on any atom is 0.194 e. The van der Waals surface area contributed by atoms with Crippen molar-refractivity contribution in [2.24, 2.45) is 5.73 Å². The quantitative estimate of drug-likeness (QED) is 0.624. The van der Waals surface area contributed by atoms with Crippen LogP contribution in [0.5, 0.6) is 0 Å². The van der Waals surface area contributed by atoms with Crippen molar-refractivity contribution in [2.75, 3.05) is 10.6 Å². The average molecular weight is 383 g/mol. The van der Waals surface area contributed by atoms with Crippen molar-refractivity contribution in [3.63, 3.8) is 0 Å². The minimum absolute atomic E-state index is 0.197. The molecule has 0 amide bonds. The Morgan fingerprint density at radius 1 is 0.966 bits per heavy atom. The topological polar surface area (TPSA) is 110 Å². The molecule has 2 aliphatic rings. The third kappa shape index (κ3) is 2.59. The summed E-state index contributed by atoms with van der Waals surface area (Å²) in [6.07, 6.45) is 0. The van der Waals surface area contributed by atoms with Gasteiger partial charge in [-0.1, -0.05) is 42.5 Å². The molecule has 1 aliphatic carbocycles. The van der Waals surface area contributed by atoms with Gasteiger partial charge >= 0.3 is 0 Å². The first-order chi connectivity index (χ1) is 14.0. The van der Waals surface area contributed by atoms with Crippen LogP contribution in [-0.4, -0.2) is 27.6 Å². The van der Waals surface area contributed by atoms with Crippen molar-refractivity contribution in [1.29, 1.82) is 0 Å².